The largest absolute Gasteiger partial charge is 0.335 e. The number of alkyl halides is 2. The number of nitrogens with one attached hydrogen (secondary N) is 1. The zero-order valence-electron chi connectivity index (χ0n) is 9.35. The molecule has 2 fully saturated rings. The second-order valence-electron chi connectivity index (χ2n) is 4.77. The summed E-state index contributed by atoms with van der Waals surface area (Å²) in [5, 5.41) is 2.92. The Hall–Kier alpha value is -0.870. The van der Waals surface area contributed by atoms with Gasteiger partial charge in [-0.1, -0.05) is 12.8 Å². The topological polar surface area (TPSA) is 32.3 Å². The van der Waals surface area contributed by atoms with Crippen LogP contribution >= 0.6 is 0 Å². The van der Waals surface area contributed by atoms with Crippen molar-refractivity contribution in [2.75, 3.05) is 13.1 Å². The molecular formula is C11H18F2N2O. The molecule has 5 heteroatoms. The monoisotopic (exact) mass is 232 g/mol. The molecule has 1 saturated carbocycles. The lowest BCUT2D eigenvalue weighted by Crippen LogP contribution is -2.49. The third kappa shape index (κ3) is 2.83. The van der Waals surface area contributed by atoms with E-state index in [1.807, 2.05) is 0 Å². The second kappa shape index (κ2) is 4.55. The molecule has 3 nitrogen and oxygen atoms in total. The number of amides is 2. The van der Waals surface area contributed by atoms with E-state index in [1.165, 1.54) is 4.90 Å². The molecule has 0 unspecified atom stereocenters. The van der Waals surface area contributed by atoms with Crippen LogP contribution in [0.3, 0.4) is 0 Å². The molecule has 2 amide bonds. The van der Waals surface area contributed by atoms with Crippen LogP contribution in [0.2, 0.25) is 0 Å². The molecule has 1 saturated heterocycles. The Kier molecular flexibility index (Phi) is 3.30. The molecule has 0 aromatic carbocycles. The van der Waals surface area contributed by atoms with Gasteiger partial charge >= 0.3 is 6.03 Å². The number of likely N-dealkylation sites (tertiary alicyclic amines) is 1. The molecule has 2 aliphatic rings. The number of carbonyl (C=O) groups is 1. The number of halogens is 2. The summed E-state index contributed by atoms with van der Waals surface area (Å²) in [4.78, 5) is 13.2. The lowest BCUT2D eigenvalue weighted by molar-refractivity contribution is -0.0470. The molecule has 0 radical (unpaired) electrons. The third-order valence-electron chi connectivity index (χ3n) is 3.46. The molecule has 1 N–H and O–H groups in total. The number of rotatable bonds is 1. The van der Waals surface area contributed by atoms with Crippen molar-refractivity contribution >= 4 is 6.03 Å². The van der Waals surface area contributed by atoms with Crippen LogP contribution in [0.4, 0.5) is 13.6 Å². The molecule has 0 aromatic rings. The first-order chi connectivity index (χ1) is 7.57. The lowest BCUT2D eigenvalue weighted by atomic mass is 10.1. The molecule has 92 valence electrons. The van der Waals surface area contributed by atoms with Gasteiger partial charge in [0.15, 0.2) is 0 Å². The Morgan fingerprint density at radius 2 is 1.75 bits per heavy atom. The van der Waals surface area contributed by atoms with E-state index in [-0.39, 0.29) is 38.0 Å². The summed E-state index contributed by atoms with van der Waals surface area (Å²) in [7, 11) is 0. The van der Waals surface area contributed by atoms with Gasteiger partial charge in [-0.3, -0.25) is 0 Å². The average Bonchev–Trinajstić information content (AvgIpc) is 2.70. The number of urea groups is 1. The summed E-state index contributed by atoms with van der Waals surface area (Å²) in [5.74, 6) is -2.58. The lowest BCUT2D eigenvalue weighted by Gasteiger charge is -2.32. The Balaban J connectivity index is 1.77. The first kappa shape index (κ1) is 11.6. The van der Waals surface area contributed by atoms with Gasteiger partial charge in [0.1, 0.15) is 0 Å². The SMILES string of the molecule is O=C(NC1CCCC1)N1CCC(F)(F)CC1. The Bertz CT molecular complexity index is 255. The van der Waals surface area contributed by atoms with Gasteiger partial charge in [-0.2, -0.15) is 0 Å². The fourth-order valence-electron chi connectivity index (χ4n) is 2.37. The van der Waals surface area contributed by atoms with Gasteiger partial charge in [0.2, 0.25) is 0 Å². The minimum absolute atomic E-state index is 0.164. The maximum atomic E-state index is 12.9. The van der Waals surface area contributed by atoms with Gasteiger partial charge < -0.3 is 10.2 Å². The molecule has 16 heavy (non-hydrogen) atoms. The second-order valence-corrected chi connectivity index (χ2v) is 4.77. The van der Waals surface area contributed by atoms with E-state index in [2.05, 4.69) is 5.32 Å². The highest BCUT2D eigenvalue weighted by Crippen LogP contribution is 2.27. The van der Waals surface area contributed by atoms with Crippen LogP contribution in [0.1, 0.15) is 38.5 Å². The smallest absolute Gasteiger partial charge is 0.317 e. The van der Waals surface area contributed by atoms with E-state index < -0.39 is 5.92 Å². The Labute approximate surface area is 94.2 Å². The van der Waals surface area contributed by atoms with Crippen LogP contribution in [0.5, 0.6) is 0 Å². The van der Waals surface area contributed by atoms with Crippen LogP contribution in [-0.2, 0) is 0 Å². The number of carbonyl (C=O) groups excluding carboxylic acids is 1. The minimum atomic E-state index is -2.58. The highest BCUT2D eigenvalue weighted by molar-refractivity contribution is 5.74. The fraction of sp³-hybridized carbons (Fsp3) is 0.909. The molecule has 0 atom stereocenters. The first-order valence-electron chi connectivity index (χ1n) is 6.00. The number of hydrogen-bond donors (Lipinski definition) is 1. The summed E-state index contributed by atoms with van der Waals surface area (Å²) >= 11 is 0. The van der Waals surface area contributed by atoms with Crippen molar-refractivity contribution in [3.8, 4) is 0 Å². The van der Waals surface area contributed by atoms with E-state index in [9.17, 15) is 13.6 Å². The van der Waals surface area contributed by atoms with E-state index in [4.69, 9.17) is 0 Å². The van der Waals surface area contributed by atoms with E-state index >= 15 is 0 Å². The highest BCUT2D eigenvalue weighted by Gasteiger charge is 2.35. The zero-order valence-corrected chi connectivity index (χ0v) is 9.35. The quantitative estimate of drug-likeness (QED) is 0.739. The molecule has 0 aromatic heterocycles. The molecule has 2 rings (SSSR count). The number of nitrogens with zero attached hydrogens (tertiary/aromatic N) is 1. The van der Waals surface area contributed by atoms with Crippen molar-refractivity contribution < 1.29 is 13.6 Å². The van der Waals surface area contributed by atoms with Gasteiger partial charge in [0.25, 0.3) is 5.92 Å². The predicted molar refractivity (Wildman–Crippen MR) is 56.5 cm³/mol. The molecule has 1 aliphatic heterocycles. The van der Waals surface area contributed by atoms with Gasteiger partial charge in [-0.15, -0.1) is 0 Å². The summed E-state index contributed by atoms with van der Waals surface area (Å²) in [6.07, 6.45) is 3.95. The summed E-state index contributed by atoms with van der Waals surface area (Å²) < 4.78 is 25.8. The maximum absolute atomic E-state index is 12.9. The summed E-state index contributed by atoms with van der Waals surface area (Å²) in [6, 6.07) is 0.0948. The summed E-state index contributed by atoms with van der Waals surface area (Å²) in [5.41, 5.74) is 0. The third-order valence-corrected chi connectivity index (χ3v) is 3.46. The van der Waals surface area contributed by atoms with Crippen molar-refractivity contribution in [3.05, 3.63) is 0 Å². The first-order valence-corrected chi connectivity index (χ1v) is 6.00. The van der Waals surface area contributed by atoms with Crippen LogP contribution in [0.25, 0.3) is 0 Å². The van der Waals surface area contributed by atoms with Crippen LogP contribution in [-0.4, -0.2) is 36.0 Å². The van der Waals surface area contributed by atoms with Crippen molar-refractivity contribution in [1.82, 2.24) is 10.2 Å². The zero-order chi connectivity index (χ0) is 11.6. The van der Waals surface area contributed by atoms with Gasteiger partial charge in [0, 0.05) is 32.0 Å². The molecule has 0 bridgehead atoms. The standard InChI is InChI=1S/C11H18F2N2O/c12-11(13)5-7-15(8-6-11)10(16)14-9-3-1-2-4-9/h9H,1-8H2,(H,14,16). The maximum Gasteiger partial charge on any atom is 0.317 e. The molecule has 1 heterocycles. The summed E-state index contributed by atoms with van der Waals surface area (Å²) in [6.45, 7) is 0.344. The number of hydrogen-bond acceptors (Lipinski definition) is 1. The minimum Gasteiger partial charge on any atom is -0.335 e. The van der Waals surface area contributed by atoms with E-state index in [0.717, 1.165) is 25.7 Å². The Morgan fingerprint density at radius 1 is 1.19 bits per heavy atom. The molecule has 1 aliphatic carbocycles. The van der Waals surface area contributed by atoms with Crippen LogP contribution in [0, 0.1) is 0 Å². The van der Waals surface area contributed by atoms with Crippen LogP contribution in [0.15, 0.2) is 0 Å². The average molecular weight is 232 g/mol. The molecular weight excluding hydrogens is 214 g/mol. The van der Waals surface area contributed by atoms with Crippen molar-refractivity contribution in [3.63, 3.8) is 0 Å². The normalized spacial score (nSPS) is 25.8. The predicted octanol–water partition coefficient (Wildman–Crippen LogP) is 2.37. The van der Waals surface area contributed by atoms with Crippen molar-refractivity contribution in [2.45, 2.75) is 50.5 Å². The van der Waals surface area contributed by atoms with Crippen molar-refractivity contribution in [2.24, 2.45) is 0 Å². The van der Waals surface area contributed by atoms with Gasteiger partial charge in [-0.05, 0) is 12.8 Å². The van der Waals surface area contributed by atoms with E-state index in [1.54, 1.807) is 0 Å². The number of piperidine rings is 1. The Morgan fingerprint density at radius 3 is 2.31 bits per heavy atom. The van der Waals surface area contributed by atoms with Crippen LogP contribution < -0.4 is 5.32 Å². The van der Waals surface area contributed by atoms with Crippen molar-refractivity contribution in [1.29, 1.82) is 0 Å². The fourth-order valence-corrected chi connectivity index (χ4v) is 2.37. The highest BCUT2D eigenvalue weighted by atomic mass is 19.3. The van der Waals surface area contributed by atoms with Gasteiger partial charge in [-0.25, -0.2) is 13.6 Å². The molecule has 0 spiro atoms. The van der Waals surface area contributed by atoms with Gasteiger partial charge in [0.05, 0.1) is 0 Å². The van der Waals surface area contributed by atoms with E-state index in [0.29, 0.717) is 0 Å².